The molecule has 0 aliphatic carbocycles. The number of hydrogen-bond donors (Lipinski definition) is 2. The van der Waals surface area contributed by atoms with E-state index in [4.69, 9.17) is 0 Å². The van der Waals surface area contributed by atoms with Crippen molar-refractivity contribution in [3.05, 3.63) is 106 Å². The van der Waals surface area contributed by atoms with Crippen LogP contribution in [0.4, 0.5) is 0 Å². The second kappa shape index (κ2) is 11.5. The lowest BCUT2D eigenvalue weighted by Gasteiger charge is -2.18. The Labute approximate surface area is 226 Å². The number of amides is 2. The number of hydrogen-bond acceptors (Lipinski definition) is 4. The summed E-state index contributed by atoms with van der Waals surface area (Å²) < 4.78 is 0. The van der Waals surface area contributed by atoms with Crippen molar-refractivity contribution in [1.82, 2.24) is 10.9 Å². The number of nitrogens with zero attached hydrogens (tertiary/aromatic N) is 2. The van der Waals surface area contributed by atoms with Gasteiger partial charge >= 0.3 is 0 Å². The van der Waals surface area contributed by atoms with E-state index in [1.807, 2.05) is 86.6 Å². The van der Waals surface area contributed by atoms with Crippen molar-refractivity contribution in [2.75, 3.05) is 0 Å². The standard InChI is InChI=1S/C32H38N4O2/c1-21(33-35-29(37)25-13-17-27(18-14-25)31(3,4)5)23-9-11-24(12-10-23)22(2)34-36-30(38)26-15-19-28(20-16-26)32(6,7)8/h9-20H,1-8H3,(H,35,37)(H,36,38)/b33-21-,34-22-. The van der Waals surface area contributed by atoms with Gasteiger partial charge < -0.3 is 0 Å². The summed E-state index contributed by atoms with van der Waals surface area (Å²) in [5.41, 5.74) is 11.9. The van der Waals surface area contributed by atoms with Gasteiger partial charge in [0.2, 0.25) is 0 Å². The van der Waals surface area contributed by atoms with E-state index in [9.17, 15) is 9.59 Å². The van der Waals surface area contributed by atoms with Crippen molar-refractivity contribution in [2.45, 2.75) is 66.2 Å². The average molecular weight is 511 g/mol. The van der Waals surface area contributed by atoms with Crippen molar-refractivity contribution in [3.8, 4) is 0 Å². The first kappa shape index (κ1) is 28.5. The van der Waals surface area contributed by atoms with Gasteiger partial charge in [-0.25, -0.2) is 10.9 Å². The molecule has 0 spiro atoms. The van der Waals surface area contributed by atoms with Crippen LogP contribution in [-0.2, 0) is 10.8 Å². The summed E-state index contributed by atoms with van der Waals surface area (Å²) in [5, 5.41) is 8.52. The summed E-state index contributed by atoms with van der Waals surface area (Å²) in [5.74, 6) is -0.513. The lowest BCUT2D eigenvalue weighted by Crippen LogP contribution is -2.20. The molecule has 3 aromatic rings. The number of benzene rings is 3. The van der Waals surface area contributed by atoms with E-state index in [0.29, 0.717) is 22.6 Å². The van der Waals surface area contributed by atoms with Gasteiger partial charge in [0.05, 0.1) is 11.4 Å². The Morgan fingerprint density at radius 1 is 0.500 bits per heavy atom. The fourth-order valence-electron chi connectivity index (χ4n) is 3.72. The monoisotopic (exact) mass is 510 g/mol. The predicted octanol–water partition coefficient (Wildman–Crippen LogP) is 6.59. The van der Waals surface area contributed by atoms with E-state index in [1.54, 1.807) is 0 Å². The molecule has 0 heterocycles. The summed E-state index contributed by atoms with van der Waals surface area (Å²) in [4.78, 5) is 25.0. The smallest absolute Gasteiger partial charge is 0.267 e. The van der Waals surface area contributed by atoms with E-state index in [0.717, 1.165) is 11.1 Å². The first-order valence-corrected chi connectivity index (χ1v) is 12.8. The largest absolute Gasteiger partial charge is 0.271 e. The highest BCUT2D eigenvalue weighted by atomic mass is 16.2. The number of hydrazone groups is 2. The first-order chi connectivity index (χ1) is 17.8. The van der Waals surface area contributed by atoms with Crippen molar-refractivity contribution >= 4 is 23.2 Å². The second-order valence-electron chi connectivity index (χ2n) is 11.5. The van der Waals surface area contributed by atoms with Gasteiger partial charge in [0.25, 0.3) is 11.8 Å². The third-order valence-electron chi connectivity index (χ3n) is 6.40. The highest BCUT2D eigenvalue weighted by molar-refractivity contribution is 6.03. The molecule has 0 aliphatic rings. The Balaban J connectivity index is 1.60. The molecule has 198 valence electrons. The van der Waals surface area contributed by atoms with Gasteiger partial charge in [-0.15, -0.1) is 0 Å². The van der Waals surface area contributed by atoms with Crippen molar-refractivity contribution in [2.24, 2.45) is 10.2 Å². The van der Waals surface area contributed by atoms with Crippen LogP contribution in [0.3, 0.4) is 0 Å². The lowest BCUT2D eigenvalue weighted by molar-refractivity contribution is 0.0947. The Hall–Kier alpha value is -4.06. The Bertz CT molecular complexity index is 1230. The highest BCUT2D eigenvalue weighted by Crippen LogP contribution is 2.23. The summed E-state index contributed by atoms with van der Waals surface area (Å²) in [7, 11) is 0. The Kier molecular flexibility index (Phi) is 8.67. The van der Waals surface area contributed by atoms with Crippen LogP contribution in [-0.4, -0.2) is 23.2 Å². The van der Waals surface area contributed by atoms with Crippen LogP contribution in [0.25, 0.3) is 0 Å². The fourth-order valence-corrected chi connectivity index (χ4v) is 3.72. The van der Waals surface area contributed by atoms with Gasteiger partial charge in [0, 0.05) is 11.1 Å². The molecule has 2 N–H and O–H groups in total. The van der Waals surface area contributed by atoms with Crippen LogP contribution in [0.5, 0.6) is 0 Å². The van der Waals surface area contributed by atoms with Crippen molar-refractivity contribution in [3.63, 3.8) is 0 Å². The number of nitrogens with one attached hydrogen (secondary N) is 2. The van der Waals surface area contributed by atoms with Crippen LogP contribution in [0.1, 0.15) is 98.4 Å². The molecular weight excluding hydrogens is 472 g/mol. The molecule has 0 unspecified atom stereocenters. The number of carbonyl (C=O) groups is 2. The molecule has 6 heteroatoms. The molecule has 3 rings (SSSR count). The zero-order valence-corrected chi connectivity index (χ0v) is 23.6. The van der Waals surface area contributed by atoms with E-state index in [-0.39, 0.29) is 22.6 Å². The van der Waals surface area contributed by atoms with Crippen molar-refractivity contribution < 1.29 is 9.59 Å². The molecule has 0 atom stereocenters. The highest BCUT2D eigenvalue weighted by Gasteiger charge is 2.15. The van der Waals surface area contributed by atoms with E-state index in [1.165, 1.54) is 11.1 Å². The number of carbonyl (C=O) groups excluding carboxylic acids is 2. The molecule has 0 fully saturated rings. The Morgan fingerprint density at radius 2 is 0.763 bits per heavy atom. The first-order valence-electron chi connectivity index (χ1n) is 12.8. The quantitative estimate of drug-likeness (QED) is 0.290. The minimum atomic E-state index is -0.256. The van der Waals surface area contributed by atoms with Gasteiger partial charge in [0.1, 0.15) is 0 Å². The molecular formula is C32H38N4O2. The average Bonchev–Trinajstić information content (AvgIpc) is 2.89. The maximum absolute atomic E-state index is 12.5. The van der Waals surface area contributed by atoms with Crippen LogP contribution in [0.2, 0.25) is 0 Å². The molecule has 0 saturated carbocycles. The number of rotatable bonds is 6. The molecule has 3 aromatic carbocycles. The van der Waals surface area contributed by atoms with Gasteiger partial charge in [-0.2, -0.15) is 10.2 Å². The van der Waals surface area contributed by atoms with E-state index >= 15 is 0 Å². The fraction of sp³-hybridized carbons (Fsp3) is 0.312. The van der Waals surface area contributed by atoms with E-state index < -0.39 is 0 Å². The van der Waals surface area contributed by atoms with Gasteiger partial charge in [-0.3, -0.25) is 9.59 Å². The minimum Gasteiger partial charge on any atom is -0.267 e. The third-order valence-corrected chi connectivity index (χ3v) is 6.40. The third kappa shape index (κ3) is 7.48. The maximum atomic E-state index is 12.5. The maximum Gasteiger partial charge on any atom is 0.271 e. The molecule has 0 saturated heterocycles. The molecule has 0 aliphatic heterocycles. The molecule has 38 heavy (non-hydrogen) atoms. The molecule has 2 amide bonds. The SMILES string of the molecule is C/C(=N/NC(=O)c1ccc(C(C)(C)C)cc1)c1ccc(/C(C)=N\NC(=O)c2ccc(C(C)(C)C)cc2)cc1. The van der Waals surface area contributed by atoms with Crippen LogP contribution in [0, 0.1) is 0 Å². The van der Waals surface area contributed by atoms with Gasteiger partial charge in [-0.1, -0.05) is 90.1 Å². The molecule has 0 bridgehead atoms. The van der Waals surface area contributed by atoms with Crippen LogP contribution >= 0.6 is 0 Å². The predicted molar refractivity (Wildman–Crippen MR) is 156 cm³/mol. The summed E-state index contributed by atoms with van der Waals surface area (Å²) >= 11 is 0. The van der Waals surface area contributed by atoms with E-state index in [2.05, 4.69) is 62.6 Å². The molecule has 6 nitrogen and oxygen atoms in total. The van der Waals surface area contributed by atoms with Crippen LogP contribution in [0.15, 0.2) is 83.0 Å². The summed E-state index contributed by atoms with van der Waals surface area (Å²) in [6.07, 6.45) is 0. The zero-order valence-electron chi connectivity index (χ0n) is 23.6. The molecule has 0 aromatic heterocycles. The molecule has 0 radical (unpaired) electrons. The summed E-state index contributed by atoms with van der Waals surface area (Å²) in [6.45, 7) is 16.5. The lowest BCUT2D eigenvalue weighted by atomic mass is 9.87. The zero-order chi connectivity index (χ0) is 28.1. The normalized spacial score (nSPS) is 12.7. The summed E-state index contributed by atoms with van der Waals surface area (Å²) in [6, 6.07) is 22.8. The minimum absolute atomic E-state index is 0.0307. The van der Waals surface area contributed by atoms with Crippen molar-refractivity contribution in [1.29, 1.82) is 0 Å². The topological polar surface area (TPSA) is 82.9 Å². The van der Waals surface area contributed by atoms with Crippen LogP contribution < -0.4 is 10.9 Å². The van der Waals surface area contributed by atoms with Gasteiger partial charge in [-0.05, 0) is 71.2 Å². The second-order valence-corrected chi connectivity index (χ2v) is 11.5. The Morgan fingerprint density at radius 3 is 1.03 bits per heavy atom. The van der Waals surface area contributed by atoms with Gasteiger partial charge in [0.15, 0.2) is 0 Å².